The average molecular weight is 299 g/mol. The van der Waals surface area contributed by atoms with E-state index in [0.29, 0.717) is 6.42 Å². The monoisotopic (exact) mass is 299 g/mol. The van der Waals surface area contributed by atoms with Gasteiger partial charge in [-0.1, -0.05) is 6.07 Å². The van der Waals surface area contributed by atoms with Crippen LogP contribution < -0.4 is 5.32 Å². The van der Waals surface area contributed by atoms with Crippen molar-refractivity contribution in [3.8, 4) is 5.75 Å². The van der Waals surface area contributed by atoms with Crippen molar-refractivity contribution in [2.24, 2.45) is 7.05 Å². The van der Waals surface area contributed by atoms with Crippen LogP contribution in [0.3, 0.4) is 0 Å². The summed E-state index contributed by atoms with van der Waals surface area (Å²) in [5.41, 5.74) is 4.24. The molecule has 116 valence electrons. The number of nitrogens with one attached hydrogen (secondary N) is 1. The van der Waals surface area contributed by atoms with Crippen LogP contribution in [0, 0.1) is 6.92 Å². The second-order valence-electron chi connectivity index (χ2n) is 5.97. The summed E-state index contributed by atoms with van der Waals surface area (Å²) in [7, 11) is 1.95. The second kappa shape index (κ2) is 5.83. The molecule has 1 aromatic carbocycles. The molecular weight excluding hydrogens is 278 g/mol. The van der Waals surface area contributed by atoms with E-state index in [-0.39, 0.29) is 17.7 Å². The molecule has 1 heterocycles. The Morgan fingerprint density at radius 3 is 3.09 bits per heavy atom. The Labute approximate surface area is 130 Å². The molecule has 0 saturated heterocycles. The van der Waals surface area contributed by atoms with E-state index in [1.807, 2.05) is 24.9 Å². The van der Waals surface area contributed by atoms with Gasteiger partial charge >= 0.3 is 0 Å². The maximum Gasteiger partial charge on any atom is 0.224 e. The summed E-state index contributed by atoms with van der Waals surface area (Å²) in [6.45, 7) is 1.90. The summed E-state index contributed by atoms with van der Waals surface area (Å²) in [4.78, 5) is 12.3. The molecule has 1 atom stereocenters. The largest absolute Gasteiger partial charge is 0.508 e. The van der Waals surface area contributed by atoms with Gasteiger partial charge in [-0.15, -0.1) is 0 Å². The minimum atomic E-state index is 0.00972. The number of phenols is 1. The zero-order valence-corrected chi connectivity index (χ0v) is 13.0. The lowest BCUT2D eigenvalue weighted by Gasteiger charge is -2.24. The molecule has 2 N–H and O–H groups in total. The number of nitrogens with zero attached hydrogens (tertiary/aromatic N) is 2. The van der Waals surface area contributed by atoms with E-state index < -0.39 is 0 Å². The summed E-state index contributed by atoms with van der Waals surface area (Å²) in [6.07, 6.45) is 5.24. The molecule has 5 heteroatoms. The first kappa shape index (κ1) is 14.6. The van der Waals surface area contributed by atoms with Gasteiger partial charge in [0.1, 0.15) is 5.75 Å². The summed E-state index contributed by atoms with van der Waals surface area (Å²) >= 11 is 0. The topological polar surface area (TPSA) is 67.2 Å². The number of phenolic OH excluding ortho intramolecular Hbond substituents is 1. The fraction of sp³-hybridized carbons (Fsp3) is 0.412. The predicted molar refractivity (Wildman–Crippen MR) is 83.6 cm³/mol. The molecule has 0 fully saturated rings. The lowest BCUT2D eigenvalue weighted by Crippen LogP contribution is -2.32. The van der Waals surface area contributed by atoms with E-state index >= 15 is 0 Å². The Morgan fingerprint density at radius 2 is 2.32 bits per heavy atom. The Kier molecular flexibility index (Phi) is 3.88. The van der Waals surface area contributed by atoms with Crippen LogP contribution in [0.25, 0.3) is 0 Å². The van der Waals surface area contributed by atoms with Crippen LogP contribution in [0.5, 0.6) is 5.75 Å². The zero-order chi connectivity index (χ0) is 15.7. The quantitative estimate of drug-likeness (QED) is 0.913. The standard InChI is InChI=1S/C17H21N3O2/c1-11-8-13(21)7-6-12(11)9-17(22)19-15-4-3-5-16-14(15)10-18-20(16)2/h6-8,10,15,21H,3-5,9H2,1-2H3,(H,19,22). The predicted octanol–water partition coefficient (Wildman–Crippen LogP) is 2.17. The minimum absolute atomic E-state index is 0.00972. The molecule has 22 heavy (non-hydrogen) atoms. The number of amides is 1. The van der Waals surface area contributed by atoms with Gasteiger partial charge in [-0.3, -0.25) is 9.48 Å². The average Bonchev–Trinajstić information content (AvgIpc) is 2.85. The number of aryl methyl sites for hydroxylation is 2. The fourth-order valence-corrected chi connectivity index (χ4v) is 3.15. The molecule has 1 aliphatic rings. The van der Waals surface area contributed by atoms with Gasteiger partial charge in [-0.25, -0.2) is 0 Å². The fourth-order valence-electron chi connectivity index (χ4n) is 3.15. The van der Waals surface area contributed by atoms with Crippen LogP contribution in [0.15, 0.2) is 24.4 Å². The zero-order valence-electron chi connectivity index (χ0n) is 13.0. The number of rotatable bonds is 3. The van der Waals surface area contributed by atoms with Crippen molar-refractivity contribution >= 4 is 5.91 Å². The van der Waals surface area contributed by atoms with E-state index in [4.69, 9.17) is 0 Å². The highest BCUT2D eigenvalue weighted by molar-refractivity contribution is 5.79. The van der Waals surface area contributed by atoms with Gasteiger partial charge in [0.25, 0.3) is 0 Å². The highest BCUT2D eigenvalue weighted by Crippen LogP contribution is 2.29. The summed E-state index contributed by atoms with van der Waals surface area (Å²) in [5.74, 6) is 0.240. The third kappa shape index (κ3) is 2.84. The summed E-state index contributed by atoms with van der Waals surface area (Å²) < 4.78 is 1.90. The molecule has 1 unspecified atom stereocenters. The van der Waals surface area contributed by atoms with Gasteiger partial charge in [0.05, 0.1) is 18.7 Å². The molecule has 0 aliphatic heterocycles. The van der Waals surface area contributed by atoms with Gasteiger partial charge in [0, 0.05) is 18.3 Å². The lowest BCUT2D eigenvalue weighted by atomic mass is 9.92. The third-order valence-electron chi connectivity index (χ3n) is 4.39. The molecule has 2 aromatic rings. The number of carbonyl (C=O) groups excluding carboxylic acids is 1. The number of aromatic nitrogens is 2. The first-order chi connectivity index (χ1) is 10.5. The van der Waals surface area contributed by atoms with Crippen LogP contribution in [0.2, 0.25) is 0 Å². The summed E-state index contributed by atoms with van der Waals surface area (Å²) in [6, 6.07) is 5.17. The van der Waals surface area contributed by atoms with E-state index in [0.717, 1.165) is 36.0 Å². The molecule has 5 nitrogen and oxygen atoms in total. The number of fused-ring (bicyclic) bond motifs is 1. The van der Waals surface area contributed by atoms with Crippen molar-refractivity contribution in [2.75, 3.05) is 0 Å². The van der Waals surface area contributed by atoms with Crippen molar-refractivity contribution in [1.29, 1.82) is 0 Å². The highest BCUT2D eigenvalue weighted by Gasteiger charge is 2.24. The molecule has 0 bridgehead atoms. The van der Waals surface area contributed by atoms with E-state index in [1.165, 1.54) is 5.69 Å². The molecular formula is C17H21N3O2. The molecule has 0 spiro atoms. The Balaban J connectivity index is 1.70. The normalized spacial score (nSPS) is 17.1. The van der Waals surface area contributed by atoms with Crippen LogP contribution in [-0.2, 0) is 24.7 Å². The summed E-state index contributed by atoms with van der Waals surface area (Å²) in [5, 5.41) is 16.9. The smallest absolute Gasteiger partial charge is 0.224 e. The number of hydrogen-bond donors (Lipinski definition) is 2. The minimum Gasteiger partial charge on any atom is -0.508 e. The molecule has 0 radical (unpaired) electrons. The first-order valence-corrected chi connectivity index (χ1v) is 7.63. The number of hydrogen-bond acceptors (Lipinski definition) is 3. The van der Waals surface area contributed by atoms with E-state index in [9.17, 15) is 9.90 Å². The van der Waals surface area contributed by atoms with Crippen LogP contribution in [0.4, 0.5) is 0 Å². The molecule has 1 amide bonds. The Morgan fingerprint density at radius 1 is 1.50 bits per heavy atom. The van der Waals surface area contributed by atoms with Crippen LogP contribution >= 0.6 is 0 Å². The molecule has 1 aliphatic carbocycles. The van der Waals surface area contributed by atoms with Crippen molar-refractivity contribution in [3.63, 3.8) is 0 Å². The van der Waals surface area contributed by atoms with E-state index in [2.05, 4.69) is 10.4 Å². The third-order valence-corrected chi connectivity index (χ3v) is 4.39. The number of benzene rings is 1. The van der Waals surface area contributed by atoms with Crippen LogP contribution in [0.1, 0.15) is 41.3 Å². The van der Waals surface area contributed by atoms with Gasteiger partial charge in [0.2, 0.25) is 5.91 Å². The van der Waals surface area contributed by atoms with Gasteiger partial charge < -0.3 is 10.4 Å². The Hall–Kier alpha value is -2.30. The maximum absolute atomic E-state index is 12.3. The lowest BCUT2D eigenvalue weighted by molar-refractivity contribution is -0.121. The van der Waals surface area contributed by atoms with Gasteiger partial charge in [0.15, 0.2) is 0 Å². The Bertz CT molecular complexity index is 706. The molecule has 0 saturated carbocycles. The first-order valence-electron chi connectivity index (χ1n) is 7.63. The van der Waals surface area contributed by atoms with E-state index in [1.54, 1.807) is 18.2 Å². The molecule has 3 rings (SSSR count). The number of aromatic hydroxyl groups is 1. The second-order valence-corrected chi connectivity index (χ2v) is 5.97. The van der Waals surface area contributed by atoms with Gasteiger partial charge in [-0.05, 0) is 49.4 Å². The SMILES string of the molecule is Cc1cc(O)ccc1CC(=O)NC1CCCc2c1cnn2C. The highest BCUT2D eigenvalue weighted by atomic mass is 16.3. The van der Waals surface area contributed by atoms with Crippen molar-refractivity contribution in [3.05, 3.63) is 46.8 Å². The maximum atomic E-state index is 12.3. The number of carbonyl (C=O) groups is 1. The van der Waals surface area contributed by atoms with Gasteiger partial charge in [-0.2, -0.15) is 5.10 Å². The van der Waals surface area contributed by atoms with Crippen LogP contribution in [-0.4, -0.2) is 20.8 Å². The van der Waals surface area contributed by atoms with Crippen molar-refractivity contribution < 1.29 is 9.90 Å². The molecule has 1 aromatic heterocycles. The van der Waals surface area contributed by atoms with Crippen molar-refractivity contribution in [2.45, 2.75) is 38.6 Å². The van der Waals surface area contributed by atoms with Crippen molar-refractivity contribution in [1.82, 2.24) is 15.1 Å².